The van der Waals surface area contributed by atoms with Gasteiger partial charge in [-0.3, -0.25) is 0 Å². The maximum absolute atomic E-state index is 5.80. The first-order valence-electron chi connectivity index (χ1n) is 5.91. The van der Waals surface area contributed by atoms with Crippen molar-refractivity contribution in [3.05, 3.63) is 23.9 Å². The van der Waals surface area contributed by atoms with Crippen LogP contribution in [0.3, 0.4) is 0 Å². The molecule has 0 bridgehead atoms. The van der Waals surface area contributed by atoms with Crippen molar-refractivity contribution in [2.24, 2.45) is 16.5 Å². The van der Waals surface area contributed by atoms with Crippen molar-refractivity contribution in [2.75, 3.05) is 0 Å². The van der Waals surface area contributed by atoms with Crippen molar-refractivity contribution in [1.29, 1.82) is 0 Å². The number of nitrogens with zero attached hydrogens (tertiary/aromatic N) is 2. The van der Waals surface area contributed by atoms with Crippen molar-refractivity contribution < 1.29 is 4.74 Å². The Bertz CT molecular complexity index is 401. The highest BCUT2D eigenvalue weighted by atomic mass is 127. The standard InChI is InChI=1S/C12H18N4O.HI/c13-12(14)16-8-9-5-6-15-11(7-9)17-10-3-1-2-4-10;/h5-7,10H,1-4,8H2,(H4,13,14,16);1H. The summed E-state index contributed by atoms with van der Waals surface area (Å²) in [5.74, 6) is 0.764. The molecule has 0 saturated heterocycles. The molecule has 2 rings (SSSR count). The molecule has 1 heterocycles. The van der Waals surface area contributed by atoms with Gasteiger partial charge in [-0.2, -0.15) is 0 Å². The fourth-order valence-corrected chi connectivity index (χ4v) is 1.97. The van der Waals surface area contributed by atoms with Gasteiger partial charge in [-0.1, -0.05) is 0 Å². The molecule has 1 aromatic rings. The lowest BCUT2D eigenvalue weighted by Crippen LogP contribution is -2.22. The van der Waals surface area contributed by atoms with Crippen molar-refractivity contribution in [3.63, 3.8) is 0 Å². The predicted molar refractivity (Wildman–Crippen MR) is 82.0 cm³/mol. The maximum atomic E-state index is 5.80. The number of ether oxygens (including phenoxy) is 1. The van der Waals surface area contributed by atoms with Crippen LogP contribution in [-0.2, 0) is 6.54 Å². The van der Waals surface area contributed by atoms with E-state index in [1.165, 1.54) is 12.8 Å². The van der Waals surface area contributed by atoms with Gasteiger partial charge in [0.05, 0.1) is 6.54 Å². The Kier molecular flexibility index (Phi) is 6.17. The number of nitrogens with two attached hydrogens (primary N) is 2. The van der Waals surface area contributed by atoms with E-state index in [9.17, 15) is 0 Å². The van der Waals surface area contributed by atoms with Crippen LogP contribution in [0, 0.1) is 0 Å². The minimum absolute atomic E-state index is 0. The largest absolute Gasteiger partial charge is 0.474 e. The average Bonchev–Trinajstić information content (AvgIpc) is 2.80. The van der Waals surface area contributed by atoms with E-state index in [4.69, 9.17) is 16.2 Å². The van der Waals surface area contributed by atoms with Crippen LogP contribution in [0.15, 0.2) is 23.3 Å². The molecule has 4 N–H and O–H groups in total. The zero-order valence-corrected chi connectivity index (χ0v) is 12.5. The lowest BCUT2D eigenvalue weighted by molar-refractivity contribution is 0.201. The average molecular weight is 362 g/mol. The number of aliphatic imine (C=N–C) groups is 1. The summed E-state index contributed by atoms with van der Waals surface area (Å²) in [6.07, 6.45) is 6.79. The van der Waals surface area contributed by atoms with Gasteiger partial charge in [0, 0.05) is 12.3 Å². The number of guanidine groups is 1. The van der Waals surface area contributed by atoms with Crippen molar-refractivity contribution in [2.45, 2.75) is 38.3 Å². The first-order chi connectivity index (χ1) is 8.24. The van der Waals surface area contributed by atoms with E-state index in [2.05, 4.69) is 9.98 Å². The smallest absolute Gasteiger partial charge is 0.213 e. The number of aromatic nitrogens is 1. The molecule has 6 heteroatoms. The number of halogens is 1. The molecule has 0 radical (unpaired) electrons. The van der Waals surface area contributed by atoms with E-state index in [1.807, 2.05) is 12.1 Å². The first kappa shape index (κ1) is 15.0. The molecule has 0 atom stereocenters. The summed E-state index contributed by atoms with van der Waals surface area (Å²) < 4.78 is 5.80. The second-order valence-electron chi connectivity index (χ2n) is 4.27. The topological polar surface area (TPSA) is 86.5 Å². The van der Waals surface area contributed by atoms with Gasteiger partial charge in [0.1, 0.15) is 6.10 Å². The van der Waals surface area contributed by atoms with E-state index in [0.29, 0.717) is 18.5 Å². The Hall–Kier alpha value is -1.05. The van der Waals surface area contributed by atoms with Crippen LogP contribution in [0.1, 0.15) is 31.2 Å². The van der Waals surface area contributed by atoms with Gasteiger partial charge in [-0.15, -0.1) is 24.0 Å². The second kappa shape index (κ2) is 7.40. The summed E-state index contributed by atoms with van der Waals surface area (Å²) >= 11 is 0. The lowest BCUT2D eigenvalue weighted by Gasteiger charge is -2.12. The van der Waals surface area contributed by atoms with Gasteiger partial charge in [0.15, 0.2) is 5.96 Å². The maximum Gasteiger partial charge on any atom is 0.213 e. The molecule has 1 saturated carbocycles. The van der Waals surface area contributed by atoms with Crippen LogP contribution in [0.4, 0.5) is 0 Å². The highest BCUT2D eigenvalue weighted by molar-refractivity contribution is 14.0. The Morgan fingerprint density at radius 1 is 1.39 bits per heavy atom. The SMILES string of the molecule is I.NC(N)=NCc1ccnc(OC2CCCC2)c1. The molecule has 18 heavy (non-hydrogen) atoms. The van der Waals surface area contributed by atoms with Crippen molar-refractivity contribution in [1.82, 2.24) is 4.98 Å². The fraction of sp³-hybridized carbons (Fsp3) is 0.500. The van der Waals surface area contributed by atoms with E-state index < -0.39 is 0 Å². The molecular formula is C12H19IN4O. The van der Waals surface area contributed by atoms with E-state index in [-0.39, 0.29) is 29.9 Å². The summed E-state index contributed by atoms with van der Waals surface area (Å²) in [4.78, 5) is 8.15. The Labute approximate surface area is 124 Å². The molecule has 100 valence electrons. The van der Waals surface area contributed by atoms with Gasteiger partial charge in [-0.05, 0) is 37.3 Å². The normalized spacial score (nSPS) is 14.9. The fourth-order valence-electron chi connectivity index (χ4n) is 1.97. The molecule has 1 aliphatic rings. The van der Waals surface area contributed by atoms with E-state index in [0.717, 1.165) is 18.4 Å². The summed E-state index contributed by atoms with van der Waals surface area (Å²) in [5, 5.41) is 0. The molecule has 0 spiro atoms. The second-order valence-corrected chi connectivity index (χ2v) is 4.27. The molecule has 1 fully saturated rings. The first-order valence-corrected chi connectivity index (χ1v) is 5.91. The highest BCUT2D eigenvalue weighted by Gasteiger charge is 2.16. The zero-order valence-electron chi connectivity index (χ0n) is 10.2. The van der Waals surface area contributed by atoms with Gasteiger partial charge in [0.2, 0.25) is 5.88 Å². The third-order valence-corrected chi connectivity index (χ3v) is 2.83. The van der Waals surface area contributed by atoms with Crippen molar-refractivity contribution >= 4 is 29.9 Å². The van der Waals surface area contributed by atoms with Gasteiger partial charge in [0.25, 0.3) is 0 Å². The molecule has 1 aliphatic carbocycles. The summed E-state index contributed by atoms with van der Waals surface area (Å²) in [5.41, 5.74) is 11.6. The van der Waals surface area contributed by atoms with Gasteiger partial charge < -0.3 is 16.2 Å². The van der Waals surface area contributed by atoms with Crippen LogP contribution in [-0.4, -0.2) is 17.0 Å². The van der Waals surface area contributed by atoms with Crippen LogP contribution in [0.25, 0.3) is 0 Å². The summed E-state index contributed by atoms with van der Waals surface area (Å²) in [6.45, 7) is 0.464. The van der Waals surface area contributed by atoms with Crippen LogP contribution >= 0.6 is 24.0 Å². The summed E-state index contributed by atoms with van der Waals surface area (Å²) in [7, 11) is 0. The van der Waals surface area contributed by atoms with Crippen molar-refractivity contribution in [3.8, 4) is 5.88 Å². The Morgan fingerprint density at radius 3 is 2.78 bits per heavy atom. The van der Waals surface area contributed by atoms with Crippen LogP contribution in [0.2, 0.25) is 0 Å². The minimum atomic E-state index is 0. The Morgan fingerprint density at radius 2 is 2.11 bits per heavy atom. The monoisotopic (exact) mass is 362 g/mol. The van der Waals surface area contributed by atoms with Gasteiger partial charge >= 0.3 is 0 Å². The molecule has 0 amide bonds. The molecule has 0 aromatic carbocycles. The third-order valence-electron chi connectivity index (χ3n) is 2.83. The number of hydrogen-bond donors (Lipinski definition) is 2. The van der Waals surface area contributed by atoms with E-state index in [1.54, 1.807) is 6.20 Å². The summed E-state index contributed by atoms with van der Waals surface area (Å²) in [6, 6.07) is 3.78. The lowest BCUT2D eigenvalue weighted by atomic mass is 10.2. The number of rotatable bonds is 4. The molecule has 0 aliphatic heterocycles. The minimum Gasteiger partial charge on any atom is -0.474 e. The quantitative estimate of drug-likeness (QED) is 0.486. The van der Waals surface area contributed by atoms with Gasteiger partial charge in [-0.25, -0.2) is 9.98 Å². The van der Waals surface area contributed by atoms with Crippen LogP contribution < -0.4 is 16.2 Å². The Balaban J connectivity index is 0.00000162. The molecule has 5 nitrogen and oxygen atoms in total. The predicted octanol–water partition coefficient (Wildman–Crippen LogP) is 1.79. The number of pyridine rings is 1. The zero-order chi connectivity index (χ0) is 12.1. The van der Waals surface area contributed by atoms with Crippen LogP contribution in [0.5, 0.6) is 5.88 Å². The molecule has 0 unspecified atom stereocenters. The highest BCUT2D eigenvalue weighted by Crippen LogP contribution is 2.23. The van der Waals surface area contributed by atoms with E-state index >= 15 is 0 Å². The molecular weight excluding hydrogens is 343 g/mol. The third kappa shape index (κ3) is 4.67. The number of hydrogen-bond acceptors (Lipinski definition) is 3. The molecule has 1 aromatic heterocycles.